The third-order valence-electron chi connectivity index (χ3n) is 3.77. The van der Waals surface area contributed by atoms with Crippen LogP contribution in [0.2, 0.25) is 0 Å². The van der Waals surface area contributed by atoms with Crippen LogP contribution in [0.1, 0.15) is 43.5 Å². The summed E-state index contributed by atoms with van der Waals surface area (Å²) in [5, 5.41) is 3.09. The highest BCUT2D eigenvalue weighted by Crippen LogP contribution is 2.37. The lowest BCUT2D eigenvalue weighted by atomic mass is 9.92. The number of amides is 1. The van der Waals surface area contributed by atoms with Crippen LogP contribution in [0.5, 0.6) is 5.75 Å². The first-order chi connectivity index (χ1) is 8.91. The Labute approximate surface area is 114 Å². The van der Waals surface area contributed by atoms with Crippen LogP contribution in [0.3, 0.4) is 0 Å². The molecule has 0 bridgehead atoms. The van der Waals surface area contributed by atoms with Crippen LogP contribution in [0.4, 0.5) is 5.69 Å². The average Bonchev–Trinajstić information content (AvgIpc) is 2.68. The van der Waals surface area contributed by atoms with Gasteiger partial charge < -0.3 is 15.8 Å². The van der Waals surface area contributed by atoms with Crippen molar-refractivity contribution in [3.63, 3.8) is 0 Å². The zero-order valence-corrected chi connectivity index (χ0v) is 11.8. The highest BCUT2D eigenvalue weighted by atomic mass is 16.5. The number of ether oxygens (including phenoxy) is 1. The van der Waals surface area contributed by atoms with Crippen molar-refractivity contribution in [2.24, 2.45) is 5.41 Å². The zero-order valence-electron chi connectivity index (χ0n) is 11.8. The number of benzene rings is 1. The molecule has 4 heteroatoms. The van der Waals surface area contributed by atoms with E-state index in [2.05, 4.69) is 19.2 Å². The van der Waals surface area contributed by atoms with E-state index >= 15 is 0 Å². The van der Waals surface area contributed by atoms with Crippen LogP contribution in [0.25, 0.3) is 0 Å². The lowest BCUT2D eigenvalue weighted by Gasteiger charge is -2.18. The van der Waals surface area contributed by atoms with Crippen LogP contribution in [-0.4, -0.2) is 19.1 Å². The normalized spacial score (nSPS) is 21.1. The van der Waals surface area contributed by atoms with Gasteiger partial charge in [0.25, 0.3) is 5.91 Å². The number of nitrogens with two attached hydrogens (primary N) is 1. The molecule has 0 heterocycles. The third-order valence-corrected chi connectivity index (χ3v) is 3.77. The second-order valence-corrected chi connectivity index (χ2v) is 6.04. The van der Waals surface area contributed by atoms with Crippen molar-refractivity contribution in [3.05, 3.63) is 23.8 Å². The van der Waals surface area contributed by atoms with E-state index in [4.69, 9.17) is 10.5 Å². The van der Waals surface area contributed by atoms with Gasteiger partial charge >= 0.3 is 0 Å². The third kappa shape index (κ3) is 3.19. The first-order valence-corrected chi connectivity index (χ1v) is 6.66. The van der Waals surface area contributed by atoms with Gasteiger partial charge in [-0.2, -0.15) is 0 Å². The summed E-state index contributed by atoms with van der Waals surface area (Å²) in [5.74, 6) is 0.439. The van der Waals surface area contributed by atoms with Crippen molar-refractivity contribution < 1.29 is 9.53 Å². The smallest absolute Gasteiger partial charge is 0.255 e. The summed E-state index contributed by atoms with van der Waals surface area (Å²) >= 11 is 0. The van der Waals surface area contributed by atoms with E-state index in [-0.39, 0.29) is 11.9 Å². The maximum absolute atomic E-state index is 12.3. The molecule has 1 saturated carbocycles. The van der Waals surface area contributed by atoms with Gasteiger partial charge in [-0.15, -0.1) is 0 Å². The van der Waals surface area contributed by atoms with Gasteiger partial charge in [0.15, 0.2) is 0 Å². The summed E-state index contributed by atoms with van der Waals surface area (Å²) in [4.78, 5) is 12.3. The SMILES string of the molecule is COc1cc(N)ccc1C(=O)NC1CCC(C)(C)C1. The second kappa shape index (κ2) is 5.11. The second-order valence-electron chi connectivity index (χ2n) is 6.04. The molecular formula is C15H22N2O2. The molecule has 1 fully saturated rings. The zero-order chi connectivity index (χ0) is 14.0. The molecule has 104 valence electrons. The number of nitrogens with one attached hydrogen (secondary N) is 1. The summed E-state index contributed by atoms with van der Waals surface area (Å²) in [7, 11) is 1.55. The lowest BCUT2D eigenvalue weighted by Crippen LogP contribution is -2.33. The number of hydrogen-bond acceptors (Lipinski definition) is 3. The number of hydrogen-bond donors (Lipinski definition) is 2. The van der Waals surface area contributed by atoms with E-state index in [1.54, 1.807) is 25.3 Å². The maximum Gasteiger partial charge on any atom is 0.255 e. The van der Waals surface area contributed by atoms with Gasteiger partial charge in [-0.3, -0.25) is 4.79 Å². The van der Waals surface area contributed by atoms with Gasteiger partial charge in [0.1, 0.15) is 5.75 Å². The van der Waals surface area contributed by atoms with Crippen molar-refractivity contribution in [2.45, 2.75) is 39.2 Å². The van der Waals surface area contributed by atoms with Gasteiger partial charge in [-0.05, 0) is 36.8 Å². The molecule has 1 aliphatic rings. The molecule has 0 spiro atoms. The van der Waals surface area contributed by atoms with E-state index in [1.165, 1.54) is 0 Å². The Morgan fingerprint density at radius 1 is 1.47 bits per heavy atom. The minimum atomic E-state index is -0.0837. The molecule has 0 radical (unpaired) electrons. The molecule has 1 atom stereocenters. The van der Waals surface area contributed by atoms with Gasteiger partial charge in [-0.25, -0.2) is 0 Å². The highest BCUT2D eigenvalue weighted by Gasteiger charge is 2.32. The van der Waals surface area contributed by atoms with Gasteiger partial charge in [0.2, 0.25) is 0 Å². The topological polar surface area (TPSA) is 64.3 Å². The Hall–Kier alpha value is -1.71. The molecule has 1 aromatic carbocycles. The molecule has 1 aliphatic carbocycles. The van der Waals surface area contributed by atoms with E-state index < -0.39 is 0 Å². The quantitative estimate of drug-likeness (QED) is 0.823. The first-order valence-electron chi connectivity index (χ1n) is 6.66. The monoisotopic (exact) mass is 262 g/mol. The number of anilines is 1. The van der Waals surface area contributed by atoms with Gasteiger partial charge in [0, 0.05) is 17.8 Å². The minimum Gasteiger partial charge on any atom is -0.496 e. The summed E-state index contributed by atoms with van der Waals surface area (Å²) < 4.78 is 5.21. The van der Waals surface area contributed by atoms with Crippen molar-refractivity contribution in [1.29, 1.82) is 0 Å². The summed E-state index contributed by atoms with van der Waals surface area (Å²) in [6.07, 6.45) is 3.21. The van der Waals surface area contributed by atoms with E-state index in [9.17, 15) is 4.79 Å². The molecule has 1 amide bonds. The Bertz CT molecular complexity index is 483. The predicted octanol–water partition coefficient (Wildman–Crippen LogP) is 2.59. The summed E-state index contributed by atoms with van der Waals surface area (Å²) in [5.41, 5.74) is 7.15. The minimum absolute atomic E-state index is 0.0837. The molecule has 0 aliphatic heterocycles. The fourth-order valence-electron chi connectivity index (χ4n) is 2.72. The molecule has 1 unspecified atom stereocenters. The predicted molar refractivity (Wildman–Crippen MR) is 76.3 cm³/mol. The largest absolute Gasteiger partial charge is 0.496 e. The Morgan fingerprint density at radius 2 is 2.21 bits per heavy atom. The Balaban J connectivity index is 2.08. The summed E-state index contributed by atoms with van der Waals surface area (Å²) in [6, 6.07) is 5.36. The average molecular weight is 262 g/mol. The molecule has 4 nitrogen and oxygen atoms in total. The highest BCUT2D eigenvalue weighted by molar-refractivity contribution is 5.97. The van der Waals surface area contributed by atoms with Crippen LogP contribution >= 0.6 is 0 Å². The standard InChI is InChI=1S/C15H22N2O2/c1-15(2)7-6-11(9-15)17-14(18)12-5-4-10(16)8-13(12)19-3/h4-5,8,11H,6-7,9,16H2,1-3H3,(H,17,18). The van der Waals surface area contributed by atoms with Crippen molar-refractivity contribution in [2.75, 3.05) is 12.8 Å². The number of carbonyl (C=O) groups excluding carboxylic acids is 1. The van der Waals surface area contributed by atoms with E-state index in [1.807, 2.05) is 0 Å². The van der Waals surface area contributed by atoms with Gasteiger partial charge in [0.05, 0.1) is 12.7 Å². The summed E-state index contributed by atoms with van der Waals surface area (Å²) in [6.45, 7) is 4.48. The molecule has 0 saturated heterocycles. The molecule has 0 aromatic heterocycles. The van der Waals surface area contributed by atoms with Crippen LogP contribution in [-0.2, 0) is 0 Å². The number of carbonyl (C=O) groups is 1. The fraction of sp³-hybridized carbons (Fsp3) is 0.533. The molecule has 2 rings (SSSR count). The number of rotatable bonds is 3. The first kappa shape index (κ1) is 13.7. The Morgan fingerprint density at radius 3 is 2.79 bits per heavy atom. The van der Waals surface area contributed by atoms with Crippen molar-refractivity contribution in [1.82, 2.24) is 5.32 Å². The van der Waals surface area contributed by atoms with E-state index in [0.29, 0.717) is 22.4 Å². The molecular weight excluding hydrogens is 240 g/mol. The van der Waals surface area contributed by atoms with E-state index in [0.717, 1.165) is 19.3 Å². The number of nitrogen functional groups attached to an aromatic ring is 1. The lowest BCUT2D eigenvalue weighted by molar-refractivity contribution is 0.0933. The molecule has 3 N–H and O–H groups in total. The maximum atomic E-state index is 12.3. The van der Waals surface area contributed by atoms with Crippen LogP contribution in [0.15, 0.2) is 18.2 Å². The van der Waals surface area contributed by atoms with Gasteiger partial charge in [-0.1, -0.05) is 13.8 Å². The van der Waals surface area contributed by atoms with Crippen molar-refractivity contribution >= 4 is 11.6 Å². The molecule has 1 aromatic rings. The molecule has 19 heavy (non-hydrogen) atoms. The Kier molecular flexibility index (Phi) is 3.69. The van der Waals surface area contributed by atoms with Crippen LogP contribution < -0.4 is 15.8 Å². The fourth-order valence-corrected chi connectivity index (χ4v) is 2.72. The number of methoxy groups -OCH3 is 1. The van der Waals surface area contributed by atoms with Crippen molar-refractivity contribution in [3.8, 4) is 5.75 Å². The van der Waals surface area contributed by atoms with Crippen LogP contribution in [0, 0.1) is 5.41 Å².